The maximum Gasteiger partial charge on any atom is 0.418 e. The molecule has 0 spiro atoms. The number of amides is 2. The molecule has 2 aromatic carbocycles. The van der Waals surface area contributed by atoms with Crippen molar-refractivity contribution in [2.24, 2.45) is 0 Å². The Balaban J connectivity index is 2.07. The average Bonchev–Trinajstić information content (AvgIpc) is 2.52. The molecule has 0 aliphatic carbocycles. The molecule has 2 amide bonds. The second-order valence-electron chi connectivity index (χ2n) is 5.71. The van der Waals surface area contributed by atoms with Gasteiger partial charge < -0.3 is 10.6 Å². The molecule has 0 bridgehead atoms. The number of benzene rings is 2. The minimum atomic E-state index is -4.69. The van der Waals surface area contributed by atoms with Crippen LogP contribution in [0, 0.1) is 13.8 Å². The summed E-state index contributed by atoms with van der Waals surface area (Å²) in [6, 6.07) is 8.29. The lowest BCUT2D eigenvalue weighted by Gasteiger charge is -2.14. The fourth-order valence-corrected chi connectivity index (χ4v) is 2.45. The number of carbonyl (C=O) groups is 2. The summed E-state index contributed by atoms with van der Waals surface area (Å²) in [4.78, 5) is 24.0. The first kappa shape index (κ1) is 19.8. The summed E-state index contributed by atoms with van der Waals surface area (Å²) in [7, 11) is 0. The zero-order valence-corrected chi connectivity index (χ0v) is 14.8. The average molecular weight is 385 g/mol. The molecular formula is C18H16ClF3N2O2. The molecule has 0 saturated heterocycles. The van der Waals surface area contributed by atoms with Crippen LogP contribution in [0.15, 0.2) is 36.4 Å². The molecule has 0 atom stereocenters. The van der Waals surface area contributed by atoms with Crippen LogP contribution in [-0.4, -0.2) is 11.8 Å². The first-order valence-corrected chi connectivity index (χ1v) is 7.98. The summed E-state index contributed by atoms with van der Waals surface area (Å²) in [6.45, 7) is 3.69. The molecule has 0 fully saturated rings. The van der Waals surface area contributed by atoms with Gasteiger partial charge >= 0.3 is 6.18 Å². The number of nitrogens with one attached hydrogen (secondary N) is 2. The van der Waals surface area contributed by atoms with E-state index in [1.54, 1.807) is 12.1 Å². The van der Waals surface area contributed by atoms with Crippen molar-refractivity contribution in [3.05, 3.63) is 58.1 Å². The summed E-state index contributed by atoms with van der Waals surface area (Å²) >= 11 is 5.58. The number of hydrogen-bond donors (Lipinski definition) is 2. The summed E-state index contributed by atoms with van der Waals surface area (Å²) in [5, 5.41) is 4.58. The first-order valence-electron chi connectivity index (χ1n) is 7.60. The number of carbonyl (C=O) groups excluding carboxylic acids is 2. The van der Waals surface area contributed by atoms with Gasteiger partial charge in [-0.1, -0.05) is 23.7 Å². The van der Waals surface area contributed by atoms with Gasteiger partial charge in [0.25, 0.3) is 0 Å². The van der Waals surface area contributed by atoms with Gasteiger partial charge in [0.1, 0.15) is 6.42 Å². The highest BCUT2D eigenvalue weighted by molar-refractivity contribution is 6.30. The fourth-order valence-electron chi connectivity index (χ4n) is 2.28. The van der Waals surface area contributed by atoms with Gasteiger partial charge in [-0.05, 0) is 49.2 Å². The van der Waals surface area contributed by atoms with Crippen LogP contribution in [-0.2, 0) is 15.8 Å². The van der Waals surface area contributed by atoms with E-state index in [0.717, 1.165) is 17.2 Å². The largest absolute Gasteiger partial charge is 0.418 e. The van der Waals surface area contributed by atoms with Gasteiger partial charge in [-0.15, -0.1) is 0 Å². The number of halogens is 4. The van der Waals surface area contributed by atoms with Crippen molar-refractivity contribution in [3.63, 3.8) is 0 Å². The minimum Gasteiger partial charge on any atom is -0.325 e. The Bertz CT molecular complexity index is 851. The Kier molecular flexibility index (Phi) is 5.92. The third-order valence-corrected chi connectivity index (χ3v) is 4.00. The molecule has 0 heterocycles. The molecule has 0 unspecified atom stereocenters. The molecule has 2 aromatic rings. The molecule has 0 radical (unpaired) electrons. The number of hydrogen-bond acceptors (Lipinski definition) is 2. The number of anilines is 2. The molecule has 4 nitrogen and oxygen atoms in total. The lowest BCUT2D eigenvalue weighted by atomic mass is 10.1. The van der Waals surface area contributed by atoms with Crippen LogP contribution in [0.1, 0.15) is 23.1 Å². The van der Waals surface area contributed by atoms with E-state index in [-0.39, 0.29) is 5.02 Å². The molecule has 2 N–H and O–H groups in total. The highest BCUT2D eigenvalue weighted by atomic mass is 35.5. The Morgan fingerprint density at radius 2 is 1.62 bits per heavy atom. The summed E-state index contributed by atoms with van der Waals surface area (Å²) < 4.78 is 39.1. The van der Waals surface area contributed by atoms with Gasteiger partial charge in [-0.2, -0.15) is 13.2 Å². The zero-order chi connectivity index (χ0) is 19.5. The van der Waals surface area contributed by atoms with Crippen molar-refractivity contribution in [3.8, 4) is 0 Å². The molecule has 2 rings (SSSR count). The van der Waals surface area contributed by atoms with Crippen molar-refractivity contribution in [1.29, 1.82) is 0 Å². The summed E-state index contributed by atoms with van der Waals surface area (Å²) in [6.07, 6.45) is -5.30. The van der Waals surface area contributed by atoms with E-state index in [2.05, 4.69) is 10.6 Å². The predicted molar refractivity (Wildman–Crippen MR) is 94.2 cm³/mol. The van der Waals surface area contributed by atoms with E-state index >= 15 is 0 Å². The molecule has 26 heavy (non-hydrogen) atoms. The minimum absolute atomic E-state index is 0.108. The van der Waals surface area contributed by atoms with E-state index in [0.29, 0.717) is 11.8 Å². The van der Waals surface area contributed by atoms with Gasteiger partial charge in [0.15, 0.2) is 0 Å². The fraction of sp³-hybridized carbons (Fsp3) is 0.222. The Morgan fingerprint density at radius 3 is 2.23 bits per heavy atom. The second kappa shape index (κ2) is 7.78. The summed E-state index contributed by atoms with van der Waals surface area (Å²) in [5.74, 6) is -1.49. The van der Waals surface area contributed by atoms with Crippen molar-refractivity contribution < 1.29 is 22.8 Å². The highest BCUT2D eigenvalue weighted by Gasteiger charge is 2.34. The molecule has 0 aromatic heterocycles. The third-order valence-electron chi connectivity index (χ3n) is 3.76. The third kappa shape index (κ3) is 4.98. The molecule has 138 valence electrons. The zero-order valence-electron chi connectivity index (χ0n) is 14.0. The van der Waals surface area contributed by atoms with Crippen LogP contribution in [0.3, 0.4) is 0 Å². The van der Waals surface area contributed by atoms with E-state index in [9.17, 15) is 22.8 Å². The van der Waals surface area contributed by atoms with E-state index in [1.165, 1.54) is 6.07 Å². The lowest BCUT2D eigenvalue weighted by Crippen LogP contribution is -2.23. The van der Waals surface area contributed by atoms with Crippen LogP contribution < -0.4 is 10.6 Å². The van der Waals surface area contributed by atoms with E-state index in [4.69, 9.17) is 11.6 Å². The lowest BCUT2D eigenvalue weighted by molar-refractivity contribution is -0.137. The van der Waals surface area contributed by atoms with Crippen LogP contribution in [0.25, 0.3) is 0 Å². The van der Waals surface area contributed by atoms with E-state index in [1.807, 2.05) is 19.9 Å². The Hall–Kier alpha value is -2.54. The predicted octanol–water partition coefficient (Wildman–Crippen LogP) is 4.94. The first-order chi connectivity index (χ1) is 12.1. The van der Waals surface area contributed by atoms with Crippen LogP contribution in [0.4, 0.5) is 24.5 Å². The van der Waals surface area contributed by atoms with Gasteiger partial charge in [0, 0.05) is 10.7 Å². The normalized spacial score (nSPS) is 11.2. The molecule has 8 heteroatoms. The topological polar surface area (TPSA) is 58.2 Å². The molecular weight excluding hydrogens is 369 g/mol. The molecule has 0 saturated carbocycles. The second-order valence-corrected chi connectivity index (χ2v) is 6.14. The van der Waals surface area contributed by atoms with Gasteiger partial charge in [0.2, 0.25) is 11.8 Å². The van der Waals surface area contributed by atoms with E-state index < -0.39 is 35.7 Å². The van der Waals surface area contributed by atoms with Crippen LogP contribution >= 0.6 is 11.6 Å². The van der Waals surface area contributed by atoms with Crippen molar-refractivity contribution in [2.75, 3.05) is 10.6 Å². The van der Waals surface area contributed by atoms with Gasteiger partial charge in [0.05, 0.1) is 11.3 Å². The smallest absolute Gasteiger partial charge is 0.325 e. The molecule has 0 aliphatic heterocycles. The Labute approximate surface area is 153 Å². The molecule has 0 aliphatic rings. The summed E-state index contributed by atoms with van der Waals surface area (Å²) in [5.41, 5.74) is 0.826. The number of aryl methyl sites for hydroxylation is 1. The van der Waals surface area contributed by atoms with Gasteiger partial charge in [-0.25, -0.2) is 0 Å². The maximum atomic E-state index is 13.0. The number of alkyl halides is 3. The quantitative estimate of drug-likeness (QED) is 0.733. The standard InChI is InChI=1S/C18H16ClF3N2O2/c1-10-4-3-5-14(11(10)2)23-16(25)9-17(26)24-15-7-6-12(19)8-13(15)18(20,21)22/h3-8H,9H2,1-2H3,(H,23,25)(H,24,26). The Morgan fingerprint density at radius 1 is 1.00 bits per heavy atom. The van der Waals surface area contributed by atoms with Crippen molar-refractivity contribution in [1.82, 2.24) is 0 Å². The monoisotopic (exact) mass is 384 g/mol. The van der Waals surface area contributed by atoms with Crippen LogP contribution in [0.5, 0.6) is 0 Å². The maximum absolute atomic E-state index is 13.0. The SMILES string of the molecule is Cc1cccc(NC(=O)CC(=O)Nc2ccc(Cl)cc2C(F)(F)F)c1C. The van der Waals surface area contributed by atoms with Crippen molar-refractivity contribution >= 4 is 34.8 Å². The van der Waals surface area contributed by atoms with Crippen LogP contribution in [0.2, 0.25) is 5.02 Å². The highest BCUT2D eigenvalue weighted by Crippen LogP contribution is 2.36. The van der Waals surface area contributed by atoms with Gasteiger partial charge in [-0.3, -0.25) is 9.59 Å². The van der Waals surface area contributed by atoms with Crippen molar-refractivity contribution in [2.45, 2.75) is 26.4 Å². The number of rotatable bonds is 4.